The van der Waals surface area contributed by atoms with Gasteiger partial charge < -0.3 is 10.0 Å². The molecule has 1 aliphatic carbocycles. The number of aliphatic hydroxyl groups is 1. The Bertz CT molecular complexity index is 180. The molecule has 2 nitrogen and oxygen atoms in total. The second-order valence-corrected chi connectivity index (χ2v) is 5.38. The Morgan fingerprint density at radius 2 is 1.75 bits per heavy atom. The molecule has 0 aromatic heterocycles. The lowest BCUT2D eigenvalue weighted by Crippen LogP contribution is -2.38. The van der Waals surface area contributed by atoms with Crippen LogP contribution in [-0.2, 0) is 0 Å². The van der Waals surface area contributed by atoms with Crippen LogP contribution < -0.4 is 0 Å². The molecule has 2 heteroatoms. The van der Waals surface area contributed by atoms with Crippen LogP contribution in [0.25, 0.3) is 0 Å². The fourth-order valence-electron chi connectivity index (χ4n) is 3.01. The predicted molar refractivity (Wildman–Crippen MR) is 69.6 cm³/mol. The largest absolute Gasteiger partial charge is 0.393 e. The minimum Gasteiger partial charge on any atom is -0.393 e. The van der Waals surface area contributed by atoms with Gasteiger partial charge in [-0.1, -0.05) is 33.1 Å². The highest BCUT2D eigenvalue weighted by Gasteiger charge is 2.24. The van der Waals surface area contributed by atoms with Crippen LogP contribution in [0.4, 0.5) is 0 Å². The molecule has 0 aromatic carbocycles. The monoisotopic (exact) mass is 227 g/mol. The molecule has 1 N–H and O–H groups in total. The number of aliphatic hydroxyl groups excluding tert-OH is 1. The van der Waals surface area contributed by atoms with Gasteiger partial charge in [0.15, 0.2) is 0 Å². The molecular formula is C14H29NO. The zero-order valence-corrected chi connectivity index (χ0v) is 11.3. The SMILES string of the molecule is CCC(CC)N(C)CC1CCCCCC1O. The van der Waals surface area contributed by atoms with E-state index in [1.165, 1.54) is 38.5 Å². The minimum absolute atomic E-state index is 0.0562. The second-order valence-electron chi connectivity index (χ2n) is 5.38. The number of hydrogen-bond acceptors (Lipinski definition) is 2. The van der Waals surface area contributed by atoms with Gasteiger partial charge in [0.1, 0.15) is 0 Å². The van der Waals surface area contributed by atoms with Crippen molar-refractivity contribution >= 4 is 0 Å². The predicted octanol–water partition coefficient (Wildman–Crippen LogP) is 3.05. The molecule has 2 atom stereocenters. The molecule has 0 aromatic rings. The van der Waals surface area contributed by atoms with Crippen molar-refractivity contribution in [1.82, 2.24) is 4.90 Å². The third-order valence-electron chi connectivity index (χ3n) is 4.21. The Morgan fingerprint density at radius 1 is 1.12 bits per heavy atom. The van der Waals surface area contributed by atoms with Gasteiger partial charge in [-0.2, -0.15) is 0 Å². The van der Waals surface area contributed by atoms with Crippen LogP contribution in [0.2, 0.25) is 0 Å². The lowest BCUT2D eigenvalue weighted by atomic mass is 9.96. The van der Waals surface area contributed by atoms with E-state index in [-0.39, 0.29) is 6.10 Å². The molecule has 96 valence electrons. The van der Waals surface area contributed by atoms with Gasteiger partial charge >= 0.3 is 0 Å². The van der Waals surface area contributed by atoms with Gasteiger partial charge in [-0.15, -0.1) is 0 Å². The zero-order chi connectivity index (χ0) is 12.0. The normalized spacial score (nSPS) is 27.4. The van der Waals surface area contributed by atoms with Crippen LogP contribution in [0.5, 0.6) is 0 Å². The Morgan fingerprint density at radius 3 is 2.38 bits per heavy atom. The van der Waals surface area contributed by atoms with Crippen molar-refractivity contribution in [3.8, 4) is 0 Å². The van der Waals surface area contributed by atoms with Gasteiger partial charge in [0, 0.05) is 12.6 Å². The lowest BCUT2D eigenvalue weighted by molar-refractivity contribution is 0.0680. The average molecular weight is 227 g/mol. The van der Waals surface area contributed by atoms with Crippen LogP contribution in [0, 0.1) is 5.92 Å². The van der Waals surface area contributed by atoms with Gasteiger partial charge in [-0.25, -0.2) is 0 Å². The molecule has 2 unspecified atom stereocenters. The van der Waals surface area contributed by atoms with Crippen molar-refractivity contribution in [3.05, 3.63) is 0 Å². The maximum atomic E-state index is 10.1. The third-order valence-corrected chi connectivity index (χ3v) is 4.21. The summed E-state index contributed by atoms with van der Waals surface area (Å²) in [6.07, 6.45) is 8.44. The Labute approximate surface area is 101 Å². The van der Waals surface area contributed by atoms with E-state index in [1.54, 1.807) is 0 Å². The van der Waals surface area contributed by atoms with Gasteiger partial charge in [0.2, 0.25) is 0 Å². The van der Waals surface area contributed by atoms with E-state index in [9.17, 15) is 5.11 Å². The average Bonchev–Trinajstić information content (AvgIpc) is 2.46. The van der Waals surface area contributed by atoms with Gasteiger partial charge in [0.05, 0.1) is 6.10 Å². The zero-order valence-electron chi connectivity index (χ0n) is 11.3. The third kappa shape index (κ3) is 4.06. The fourth-order valence-corrected chi connectivity index (χ4v) is 3.01. The summed E-state index contributed by atoms with van der Waals surface area (Å²) in [6, 6.07) is 0.690. The molecular weight excluding hydrogens is 198 g/mol. The summed E-state index contributed by atoms with van der Waals surface area (Å²) < 4.78 is 0. The van der Waals surface area contributed by atoms with E-state index in [2.05, 4.69) is 25.8 Å². The van der Waals surface area contributed by atoms with E-state index >= 15 is 0 Å². The van der Waals surface area contributed by atoms with E-state index in [1.807, 2.05) is 0 Å². The second kappa shape index (κ2) is 7.29. The highest BCUT2D eigenvalue weighted by molar-refractivity contribution is 4.77. The summed E-state index contributed by atoms with van der Waals surface area (Å²) >= 11 is 0. The van der Waals surface area contributed by atoms with Crippen molar-refractivity contribution in [2.75, 3.05) is 13.6 Å². The smallest absolute Gasteiger partial charge is 0.0580 e. The van der Waals surface area contributed by atoms with Gasteiger partial charge in [-0.3, -0.25) is 0 Å². The Kier molecular flexibility index (Phi) is 6.37. The fraction of sp³-hybridized carbons (Fsp3) is 1.00. The first-order valence-electron chi connectivity index (χ1n) is 7.07. The van der Waals surface area contributed by atoms with E-state index in [0.717, 1.165) is 13.0 Å². The summed E-state index contributed by atoms with van der Waals surface area (Å²) in [7, 11) is 2.22. The maximum Gasteiger partial charge on any atom is 0.0580 e. The summed E-state index contributed by atoms with van der Waals surface area (Å²) in [4.78, 5) is 2.46. The Balaban J connectivity index is 2.43. The van der Waals surface area contributed by atoms with Crippen molar-refractivity contribution in [3.63, 3.8) is 0 Å². The summed E-state index contributed by atoms with van der Waals surface area (Å²) in [5.41, 5.74) is 0. The standard InChI is InChI=1S/C14H29NO/c1-4-13(5-2)15(3)11-12-9-7-6-8-10-14(12)16/h12-14,16H,4-11H2,1-3H3. The van der Waals surface area contributed by atoms with Crippen molar-refractivity contribution in [2.24, 2.45) is 5.92 Å². The number of nitrogens with zero attached hydrogens (tertiary/aromatic N) is 1. The summed E-state index contributed by atoms with van der Waals surface area (Å²) in [5, 5.41) is 10.1. The quantitative estimate of drug-likeness (QED) is 0.730. The molecule has 0 heterocycles. The molecule has 0 saturated heterocycles. The first-order valence-corrected chi connectivity index (χ1v) is 7.07. The van der Waals surface area contributed by atoms with Crippen LogP contribution in [0.1, 0.15) is 58.8 Å². The molecule has 0 bridgehead atoms. The molecule has 16 heavy (non-hydrogen) atoms. The van der Waals surface area contributed by atoms with Crippen molar-refractivity contribution in [2.45, 2.75) is 70.9 Å². The molecule has 0 radical (unpaired) electrons. The molecule has 0 amide bonds. The van der Waals surface area contributed by atoms with Crippen molar-refractivity contribution in [1.29, 1.82) is 0 Å². The number of hydrogen-bond donors (Lipinski definition) is 1. The van der Waals surface area contributed by atoms with Crippen LogP contribution in [-0.4, -0.2) is 35.7 Å². The van der Waals surface area contributed by atoms with Crippen molar-refractivity contribution < 1.29 is 5.11 Å². The van der Waals surface area contributed by atoms with Crippen LogP contribution in [0.3, 0.4) is 0 Å². The highest BCUT2D eigenvalue weighted by Crippen LogP contribution is 2.25. The van der Waals surface area contributed by atoms with E-state index in [4.69, 9.17) is 0 Å². The van der Waals surface area contributed by atoms with Crippen LogP contribution in [0.15, 0.2) is 0 Å². The van der Waals surface area contributed by atoms with E-state index < -0.39 is 0 Å². The van der Waals surface area contributed by atoms with Gasteiger partial charge in [-0.05, 0) is 38.6 Å². The Hall–Kier alpha value is -0.0800. The first kappa shape index (κ1) is 14.0. The molecule has 1 fully saturated rings. The molecule has 1 saturated carbocycles. The first-order chi connectivity index (χ1) is 7.69. The van der Waals surface area contributed by atoms with E-state index in [0.29, 0.717) is 12.0 Å². The molecule has 1 aliphatic rings. The van der Waals surface area contributed by atoms with Crippen LogP contribution >= 0.6 is 0 Å². The summed E-state index contributed by atoms with van der Waals surface area (Å²) in [5.74, 6) is 0.507. The number of rotatable bonds is 5. The molecule has 1 rings (SSSR count). The maximum absolute atomic E-state index is 10.1. The minimum atomic E-state index is -0.0562. The van der Waals surface area contributed by atoms with Gasteiger partial charge in [0.25, 0.3) is 0 Å². The topological polar surface area (TPSA) is 23.5 Å². The molecule has 0 spiro atoms. The highest BCUT2D eigenvalue weighted by atomic mass is 16.3. The lowest BCUT2D eigenvalue weighted by Gasteiger charge is -2.31. The molecule has 0 aliphatic heterocycles. The summed E-state index contributed by atoms with van der Waals surface area (Å²) in [6.45, 7) is 5.59.